The number of phenolic OH excluding ortho intramolecular Hbond substituents is 1. The van der Waals surface area contributed by atoms with Crippen LogP contribution in [0.1, 0.15) is 22.8 Å². The van der Waals surface area contributed by atoms with Crippen molar-refractivity contribution in [2.75, 3.05) is 14.2 Å². The fourth-order valence-corrected chi connectivity index (χ4v) is 2.42. The third-order valence-electron chi connectivity index (χ3n) is 3.76. The summed E-state index contributed by atoms with van der Waals surface area (Å²) in [4.78, 5) is 25.9. The number of amides is 1. The van der Waals surface area contributed by atoms with Gasteiger partial charge in [0.25, 0.3) is 5.91 Å². The summed E-state index contributed by atoms with van der Waals surface area (Å²) in [6.45, 7) is 1.60. The molecule has 6 nitrogen and oxygen atoms in total. The first kappa shape index (κ1) is 19.2. The third-order valence-corrected chi connectivity index (χ3v) is 3.76. The van der Waals surface area contributed by atoms with Gasteiger partial charge in [-0.05, 0) is 36.8 Å². The number of nitrogens with zero attached hydrogens (tertiary/aromatic N) is 1. The Hall–Kier alpha value is -3.09. The Morgan fingerprint density at radius 2 is 1.92 bits per heavy atom. The number of aromatic hydroxyl groups is 1. The lowest BCUT2D eigenvalue weighted by Crippen LogP contribution is -2.37. The van der Waals surface area contributed by atoms with Gasteiger partial charge in [-0.2, -0.15) is 0 Å². The van der Waals surface area contributed by atoms with Crippen LogP contribution in [0.2, 0.25) is 0 Å². The number of para-hydroxylation sites is 1. The molecule has 0 radical (unpaired) electrons. The first-order valence-corrected chi connectivity index (χ1v) is 7.90. The van der Waals surface area contributed by atoms with E-state index in [1.54, 1.807) is 12.1 Å². The van der Waals surface area contributed by atoms with Gasteiger partial charge in [-0.1, -0.05) is 18.2 Å². The molecule has 2 rings (SSSR count). The van der Waals surface area contributed by atoms with Gasteiger partial charge < -0.3 is 19.5 Å². The maximum Gasteiger partial charge on any atom is 0.342 e. The predicted octanol–water partition coefficient (Wildman–Crippen LogP) is 2.74. The van der Waals surface area contributed by atoms with Crippen molar-refractivity contribution in [3.05, 3.63) is 59.4 Å². The lowest BCUT2D eigenvalue weighted by molar-refractivity contribution is -0.139. The molecule has 2 aromatic rings. The van der Waals surface area contributed by atoms with Gasteiger partial charge in [-0.25, -0.2) is 9.18 Å². The molecule has 138 valence electrons. The number of carbonyl (C=O) groups excluding carboxylic acids is 2. The first-order valence-electron chi connectivity index (χ1n) is 7.90. The predicted molar refractivity (Wildman–Crippen MR) is 92.4 cm³/mol. The van der Waals surface area contributed by atoms with Crippen molar-refractivity contribution in [1.82, 2.24) is 4.90 Å². The Balaban J connectivity index is 2.03. The number of rotatable bonds is 6. The highest BCUT2D eigenvalue weighted by Gasteiger charge is 2.24. The largest absolute Gasteiger partial charge is 0.504 e. The van der Waals surface area contributed by atoms with Crippen LogP contribution in [0.5, 0.6) is 11.5 Å². The van der Waals surface area contributed by atoms with Crippen molar-refractivity contribution in [3.63, 3.8) is 0 Å². The second-order valence-electron chi connectivity index (χ2n) is 5.73. The minimum Gasteiger partial charge on any atom is -0.504 e. The highest BCUT2D eigenvalue weighted by molar-refractivity contribution is 5.95. The Kier molecular flexibility index (Phi) is 6.16. The fourth-order valence-electron chi connectivity index (χ4n) is 2.42. The average Bonchev–Trinajstić information content (AvgIpc) is 2.61. The van der Waals surface area contributed by atoms with E-state index in [-0.39, 0.29) is 23.6 Å². The third kappa shape index (κ3) is 4.50. The van der Waals surface area contributed by atoms with E-state index in [0.717, 1.165) is 0 Å². The quantitative estimate of drug-likeness (QED) is 0.801. The molecule has 0 aliphatic carbocycles. The van der Waals surface area contributed by atoms with Gasteiger partial charge in [0.2, 0.25) is 0 Å². The molecule has 0 aliphatic heterocycles. The molecule has 0 fully saturated rings. The van der Waals surface area contributed by atoms with E-state index in [2.05, 4.69) is 0 Å². The zero-order valence-corrected chi connectivity index (χ0v) is 14.7. The molecule has 1 unspecified atom stereocenters. The number of hydrogen-bond acceptors (Lipinski definition) is 5. The number of likely N-dealkylation sites (N-methyl/N-ethyl adjacent to an activating group) is 1. The summed E-state index contributed by atoms with van der Waals surface area (Å²) in [7, 11) is 2.89. The van der Waals surface area contributed by atoms with Crippen LogP contribution in [0.15, 0.2) is 42.5 Å². The van der Waals surface area contributed by atoms with Crippen LogP contribution in [0.4, 0.5) is 4.39 Å². The second-order valence-corrected chi connectivity index (χ2v) is 5.73. The normalized spacial score (nSPS) is 11.5. The molecule has 0 aromatic heterocycles. The number of ether oxygens (including phenoxy) is 2. The number of benzene rings is 2. The number of halogens is 1. The summed E-state index contributed by atoms with van der Waals surface area (Å²) in [6, 6.07) is 10.3. The summed E-state index contributed by atoms with van der Waals surface area (Å²) < 4.78 is 23.3. The van der Waals surface area contributed by atoms with Gasteiger partial charge in [0.05, 0.1) is 7.11 Å². The minimum absolute atomic E-state index is 0.100. The standard InChI is InChI=1S/C19H20FNO5/c1-12(18(23)21(2)11-13-6-4-7-14(20)10-13)26-19(24)15-8-5-9-16(25-3)17(15)22/h4-10,12,22H,11H2,1-3H3. The van der Waals surface area contributed by atoms with Gasteiger partial charge in [0.15, 0.2) is 17.6 Å². The Morgan fingerprint density at radius 1 is 1.23 bits per heavy atom. The number of methoxy groups -OCH3 is 1. The smallest absolute Gasteiger partial charge is 0.342 e. The van der Waals surface area contributed by atoms with Crippen molar-refractivity contribution in [2.24, 2.45) is 0 Å². The molecule has 26 heavy (non-hydrogen) atoms. The molecule has 2 aromatic carbocycles. The molecule has 1 N–H and O–H groups in total. The van der Waals surface area contributed by atoms with E-state index in [0.29, 0.717) is 5.56 Å². The summed E-state index contributed by atoms with van der Waals surface area (Å²) in [5.41, 5.74) is 0.515. The first-order chi connectivity index (χ1) is 12.3. The molecule has 0 heterocycles. The van der Waals surface area contributed by atoms with Crippen LogP contribution in [0, 0.1) is 5.82 Å². The molecular weight excluding hydrogens is 341 g/mol. The molecule has 0 bridgehead atoms. The van der Waals surface area contributed by atoms with Crippen LogP contribution < -0.4 is 4.74 Å². The van der Waals surface area contributed by atoms with E-state index in [1.165, 1.54) is 56.3 Å². The Labute approximate surface area is 150 Å². The second kappa shape index (κ2) is 8.33. The molecule has 7 heteroatoms. The summed E-state index contributed by atoms with van der Waals surface area (Å²) in [5.74, 6) is -1.92. The lowest BCUT2D eigenvalue weighted by atomic mass is 10.2. The van der Waals surface area contributed by atoms with Crippen LogP contribution in [0.25, 0.3) is 0 Å². The molecular formula is C19H20FNO5. The van der Waals surface area contributed by atoms with Crippen molar-refractivity contribution >= 4 is 11.9 Å². The van der Waals surface area contributed by atoms with Gasteiger partial charge in [-0.15, -0.1) is 0 Å². The van der Waals surface area contributed by atoms with Crippen molar-refractivity contribution in [2.45, 2.75) is 19.6 Å². The molecule has 1 atom stereocenters. The molecule has 1 amide bonds. The van der Waals surface area contributed by atoms with Crippen molar-refractivity contribution in [3.8, 4) is 11.5 Å². The highest BCUT2D eigenvalue weighted by atomic mass is 19.1. The lowest BCUT2D eigenvalue weighted by Gasteiger charge is -2.22. The maximum absolute atomic E-state index is 13.2. The van der Waals surface area contributed by atoms with Gasteiger partial charge in [0, 0.05) is 13.6 Å². The average molecular weight is 361 g/mol. The monoisotopic (exact) mass is 361 g/mol. The summed E-state index contributed by atoms with van der Waals surface area (Å²) in [6.07, 6.45) is -1.08. The fraction of sp³-hybridized carbons (Fsp3) is 0.263. The SMILES string of the molecule is COc1cccc(C(=O)OC(C)C(=O)N(C)Cc2cccc(F)c2)c1O. The molecule has 0 saturated heterocycles. The zero-order valence-electron chi connectivity index (χ0n) is 14.7. The molecule has 0 saturated carbocycles. The number of phenols is 1. The van der Waals surface area contributed by atoms with Crippen molar-refractivity contribution in [1.29, 1.82) is 0 Å². The van der Waals surface area contributed by atoms with Crippen molar-refractivity contribution < 1.29 is 28.6 Å². The van der Waals surface area contributed by atoms with Crippen LogP contribution >= 0.6 is 0 Å². The topological polar surface area (TPSA) is 76.1 Å². The zero-order chi connectivity index (χ0) is 19.3. The van der Waals surface area contributed by atoms with Gasteiger partial charge in [-0.3, -0.25) is 4.79 Å². The van der Waals surface area contributed by atoms with E-state index in [9.17, 15) is 19.1 Å². The van der Waals surface area contributed by atoms with Gasteiger partial charge in [0.1, 0.15) is 11.4 Å². The number of esters is 1. The van der Waals surface area contributed by atoms with E-state index in [4.69, 9.17) is 9.47 Å². The van der Waals surface area contributed by atoms with Crippen LogP contribution in [-0.4, -0.2) is 42.1 Å². The number of hydrogen-bond donors (Lipinski definition) is 1. The highest BCUT2D eigenvalue weighted by Crippen LogP contribution is 2.30. The summed E-state index contributed by atoms with van der Waals surface area (Å²) in [5, 5.41) is 9.98. The maximum atomic E-state index is 13.2. The molecule has 0 aliphatic rings. The number of carbonyl (C=O) groups is 2. The van der Waals surface area contributed by atoms with E-state index in [1.807, 2.05) is 0 Å². The van der Waals surface area contributed by atoms with Crippen LogP contribution in [0.3, 0.4) is 0 Å². The van der Waals surface area contributed by atoms with E-state index >= 15 is 0 Å². The minimum atomic E-state index is -1.08. The summed E-state index contributed by atoms with van der Waals surface area (Å²) >= 11 is 0. The van der Waals surface area contributed by atoms with Gasteiger partial charge >= 0.3 is 5.97 Å². The van der Waals surface area contributed by atoms with E-state index < -0.39 is 23.8 Å². The Morgan fingerprint density at radius 3 is 2.58 bits per heavy atom. The Bertz CT molecular complexity index is 808. The van der Waals surface area contributed by atoms with Crippen LogP contribution in [-0.2, 0) is 16.1 Å². The molecule has 0 spiro atoms.